The van der Waals surface area contributed by atoms with Gasteiger partial charge in [-0.25, -0.2) is 4.79 Å². The van der Waals surface area contributed by atoms with Gasteiger partial charge in [-0.1, -0.05) is 24.3 Å². The second-order valence-corrected chi connectivity index (χ2v) is 5.56. The van der Waals surface area contributed by atoms with Gasteiger partial charge >= 0.3 is 6.03 Å². The highest BCUT2D eigenvalue weighted by atomic mass is 16.5. The predicted octanol–water partition coefficient (Wildman–Crippen LogP) is 2.07. The average molecular weight is 300 g/mol. The van der Waals surface area contributed by atoms with Crippen LogP contribution in [0, 0.1) is 0 Å². The number of rotatable bonds is 5. The molecule has 0 aliphatic heterocycles. The van der Waals surface area contributed by atoms with Crippen molar-refractivity contribution < 1.29 is 14.6 Å². The molecule has 0 aromatic heterocycles. The minimum Gasteiger partial charge on any atom is -0.389 e. The molecule has 0 heterocycles. The molecule has 2 aromatic carbocycles. The van der Waals surface area contributed by atoms with Crippen molar-refractivity contribution in [3.63, 3.8) is 0 Å². The smallest absolute Gasteiger partial charge is 0.319 e. The number of benzene rings is 2. The Hall–Kier alpha value is -2.11. The maximum absolute atomic E-state index is 12.0. The van der Waals surface area contributed by atoms with Gasteiger partial charge in [0.05, 0.1) is 18.4 Å². The van der Waals surface area contributed by atoms with Crippen molar-refractivity contribution in [3.8, 4) is 0 Å². The second-order valence-electron chi connectivity index (χ2n) is 5.56. The number of amides is 2. The third kappa shape index (κ3) is 2.91. The number of hydrogen-bond acceptors (Lipinski definition) is 3. The number of urea groups is 1. The van der Waals surface area contributed by atoms with Gasteiger partial charge in [-0.2, -0.15) is 0 Å². The van der Waals surface area contributed by atoms with Crippen LogP contribution in [-0.4, -0.2) is 37.5 Å². The Labute approximate surface area is 129 Å². The van der Waals surface area contributed by atoms with Crippen LogP contribution in [-0.2, 0) is 17.6 Å². The highest BCUT2D eigenvalue weighted by Gasteiger charge is 2.16. The van der Waals surface area contributed by atoms with Crippen molar-refractivity contribution in [2.75, 3.05) is 25.6 Å². The number of ether oxygens (including phenoxy) is 1. The highest BCUT2D eigenvalue weighted by molar-refractivity contribution is 6.04. The first-order chi connectivity index (χ1) is 10.7. The van der Waals surface area contributed by atoms with Crippen LogP contribution in [0.5, 0.6) is 0 Å². The molecule has 0 fully saturated rings. The number of methoxy groups -OCH3 is 1. The topological polar surface area (TPSA) is 70.6 Å². The summed E-state index contributed by atoms with van der Waals surface area (Å²) in [6.07, 6.45) is 1.42. The van der Waals surface area contributed by atoms with E-state index in [1.54, 1.807) is 0 Å². The normalized spacial score (nSPS) is 14.1. The summed E-state index contributed by atoms with van der Waals surface area (Å²) in [5.74, 6) is 0. The fraction of sp³-hybridized carbons (Fsp3) is 0.353. The lowest BCUT2D eigenvalue weighted by Gasteiger charge is -2.13. The van der Waals surface area contributed by atoms with Gasteiger partial charge < -0.3 is 20.5 Å². The molecule has 1 atom stereocenters. The van der Waals surface area contributed by atoms with E-state index in [9.17, 15) is 9.90 Å². The van der Waals surface area contributed by atoms with Gasteiger partial charge in [-0.05, 0) is 35.4 Å². The number of carbonyl (C=O) groups excluding carboxylic acids is 1. The number of nitrogens with one attached hydrogen (secondary N) is 2. The summed E-state index contributed by atoms with van der Waals surface area (Å²) < 4.78 is 4.82. The summed E-state index contributed by atoms with van der Waals surface area (Å²) in [4.78, 5) is 12.0. The van der Waals surface area contributed by atoms with Crippen molar-refractivity contribution >= 4 is 22.5 Å². The number of aryl methyl sites for hydroxylation is 2. The number of anilines is 1. The molecule has 1 unspecified atom stereocenters. The minimum absolute atomic E-state index is 0.154. The minimum atomic E-state index is -0.705. The summed E-state index contributed by atoms with van der Waals surface area (Å²) in [7, 11) is 1.51. The molecule has 116 valence electrons. The highest BCUT2D eigenvalue weighted by Crippen LogP contribution is 2.34. The Bertz CT molecular complexity index is 689. The summed E-state index contributed by atoms with van der Waals surface area (Å²) in [6, 6.07) is 9.89. The van der Waals surface area contributed by atoms with Gasteiger partial charge in [0.25, 0.3) is 0 Å². The van der Waals surface area contributed by atoms with E-state index in [4.69, 9.17) is 4.74 Å². The number of hydrogen-bond donors (Lipinski definition) is 3. The molecule has 22 heavy (non-hydrogen) atoms. The van der Waals surface area contributed by atoms with E-state index in [1.165, 1.54) is 23.6 Å². The van der Waals surface area contributed by atoms with Crippen molar-refractivity contribution in [3.05, 3.63) is 41.5 Å². The summed E-state index contributed by atoms with van der Waals surface area (Å²) in [5, 5.41) is 17.4. The third-order valence-corrected chi connectivity index (χ3v) is 3.98. The Balaban J connectivity index is 1.74. The molecule has 0 spiro atoms. The lowest BCUT2D eigenvalue weighted by atomic mass is 10.0. The Morgan fingerprint density at radius 3 is 2.82 bits per heavy atom. The van der Waals surface area contributed by atoms with Crippen LogP contribution in [0.2, 0.25) is 0 Å². The monoisotopic (exact) mass is 300 g/mol. The van der Waals surface area contributed by atoms with Crippen molar-refractivity contribution in [1.82, 2.24) is 5.32 Å². The summed E-state index contributed by atoms with van der Waals surface area (Å²) in [6.45, 7) is 0.349. The molecule has 0 saturated carbocycles. The van der Waals surface area contributed by atoms with E-state index in [2.05, 4.69) is 22.8 Å². The molecule has 0 radical (unpaired) electrons. The molecule has 0 saturated heterocycles. The average Bonchev–Trinajstić information content (AvgIpc) is 2.93. The van der Waals surface area contributed by atoms with Crippen LogP contribution >= 0.6 is 0 Å². The van der Waals surface area contributed by atoms with Crippen LogP contribution in [0.25, 0.3) is 10.8 Å². The van der Waals surface area contributed by atoms with E-state index >= 15 is 0 Å². The first kappa shape index (κ1) is 14.8. The number of aliphatic hydroxyl groups excluding tert-OH is 1. The molecular weight excluding hydrogens is 280 g/mol. The largest absolute Gasteiger partial charge is 0.389 e. The Kier molecular flexibility index (Phi) is 4.27. The van der Waals surface area contributed by atoms with Crippen LogP contribution in [0.15, 0.2) is 30.3 Å². The van der Waals surface area contributed by atoms with Crippen LogP contribution in [0.1, 0.15) is 11.1 Å². The van der Waals surface area contributed by atoms with Crippen LogP contribution < -0.4 is 10.6 Å². The van der Waals surface area contributed by atoms with E-state index in [-0.39, 0.29) is 19.2 Å². The Morgan fingerprint density at radius 2 is 2.05 bits per heavy atom. The summed E-state index contributed by atoms with van der Waals surface area (Å²) in [5.41, 5.74) is 3.47. The van der Waals surface area contributed by atoms with Gasteiger partial charge in [0.1, 0.15) is 0 Å². The van der Waals surface area contributed by atoms with Crippen molar-refractivity contribution in [1.29, 1.82) is 0 Å². The zero-order chi connectivity index (χ0) is 15.5. The van der Waals surface area contributed by atoms with E-state index in [1.807, 2.05) is 18.2 Å². The zero-order valence-corrected chi connectivity index (χ0v) is 12.6. The molecule has 1 aliphatic rings. The van der Waals surface area contributed by atoms with Crippen LogP contribution in [0.4, 0.5) is 10.5 Å². The predicted molar refractivity (Wildman–Crippen MR) is 86.3 cm³/mol. The van der Waals surface area contributed by atoms with Crippen LogP contribution in [0.3, 0.4) is 0 Å². The van der Waals surface area contributed by atoms with Gasteiger partial charge in [0.15, 0.2) is 0 Å². The van der Waals surface area contributed by atoms with Gasteiger partial charge in [0, 0.05) is 19.0 Å². The maximum atomic E-state index is 12.0. The summed E-state index contributed by atoms with van der Waals surface area (Å²) >= 11 is 0. The molecule has 5 heteroatoms. The fourth-order valence-electron chi connectivity index (χ4n) is 2.98. The van der Waals surface area contributed by atoms with Crippen molar-refractivity contribution in [2.45, 2.75) is 18.9 Å². The molecule has 3 rings (SSSR count). The molecule has 2 aromatic rings. The van der Waals surface area contributed by atoms with Gasteiger partial charge in [-0.15, -0.1) is 0 Å². The number of aliphatic hydroxyl groups is 1. The second kappa shape index (κ2) is 6.34. The molecule has 3 N–H and O–H groups in total. The lowest BCUT2D eigenvalue weighted by molar-refractivity contribution is 0.0663. The maximum Gasteiger partial charge on any atom is 0.319 e. The van der Waals surface area contributed by atoms with E-state index in [0.717, 1.165) is 23.9 Å². The SMILES string of the molecule is COCC(O)CNC(=O)Nc1ccc2c3c(cccc13)CC2. The molecule has 2 amide bonds. The first-order valence-electron chi connectivity index (χ1n) is 7.44. The first-order valence-corrected chi connectivity index (χ1v) is 7.44. The third-order valence-electron chi connectivity index (χ3n) is 3.98. The zero-order valence-electron chi connectivity index (χ0n) is 12.6. The Morgan fingerprint density at radius 1 is 1.27 bits per heavy atom. The molecule has 0 bridgehead atoms. The van der Waals surface area contributed by atoms with E-state index in [0.29, 0.717) is 0 Å². The quantitative estimate of drug-likeness (QED) is 0.791. The van der Waals surface area contributed by atoms with Crippen molar-refractivity contribution in [2.24, 2.45) is 0 Å². The van der Waals surface area contributed by atoms with Gasteiger partial charge in [-0.3, -0.25) is 0 Å². The number of carbonyl (C=O) groups is 1. The molecule has 1 aliphatic carbocycles. The standard InChI is InChI=1S/C17H20N2O3/c1-22-10-13(20)9-18-17(21)19-15-8-7-12-6-5-11-3-2-4-14(15)16(11)12/h2-4,7-8,13,20H,5-6,9-10H2,1H3,(H2,18,19,21). The molecular formula is C17H20N2O3. The fourth-order valence-corrected chi connectivity index (χ4v) is 2.98. The molecule has 5 nitrogen and oxygen atoms in total. The van der Waals surface area contributed by atoms with Gasteiger partial charge in [0.2, 0.25) is 0 Å². The van der Waals surface area contributed by atoms with E-state index < -0.39 is 6.10 Å². The lowest BCUT2D eigenvalue weighted by Crippen LogP contribution is -2.37.